The summed E-state index contributed by atoms with van der Waals surface area (Å²) in [6.07, 6.45) is 11.2. The molecule has 0 spiro atoms. The molecule has 0 saturated carbocycles. The topological polar surface area (TPSA) is 0 Å². The van der Waals surface area contributed by atoms with Crippen LogP contribution in [0.1, 0.15) is 47.5 Å². The largest absolute Gasteiger partial charge is 0.0770 e. The Balaban J connectivity index is 0.000000500. The van der Waals surface area contributed by atoms with Gasteiger partial charge in [-0.1, -0.05) is 57.1 Å². The van der Waals surface area contributed by atoms with Crippen LogP contribution in [0, 0.1) is 5.92 Å². The normalized spacial score (nSPS) is 18.9. The molecule has 0 aliphatic heterocycles. The Morgan fingerprint density at radius 1 is 1.14 bits per heavy atom. The van der Waals surface area contributed by atoms with Gasteiger partial charge in [-0.15, -0.1) is 0 Å². The first-order valence-electron chi connectivity index (χ1n) is 5.69. The van der Waals surface area contributed by atoms with E-state index in [1.807, 2.05) is 0 Å². The maximum atomic E-state index is 2.28. The molecule has 0 bridgehead atoms. The first kappa shape index (κ1) is 13.2. The second kappa shape index (κ2) is 7.61. The van der Waals surface area contributed by atoms with Crippen LogP contribution in [-0.2, 0) is 0 Å². The van der Waals surface area contributed by atoms with Crippen molar-refractivity contribution < 1.29 is 0 Å². The molecule has 0 radical (unpaired) electrons. The Morgan fingerprint density at radius 2 is 1.71 bits per heavy atom. The number of allylic oxidation sites excluding steroid dienone is 6. The molecule has 0 aromatic heterocycles. The maximum Gasteiger partial charge on any atom is 0.00178 e. The molecule has 1 rings (SSSR count). The van der Waals surface area contributed by atoms with Gasteiger partial charge >= 0.3 is 0 Å². The molecule has 0 saturated heterocycles. The molecule has 0 fully saturated rings. The molecule has 1 atom stereocenters. The third-order valence-corrected chi connectivity index (χ3v) is 2.15. The molecule has 1 unspecified atom stereocenters. The second-order valence-electron chi connectivity index (χ2n) is 3.92. The molecule has 0 heterocycles. The van der Waals surface area contributed by atoms with Gasteiger partial charge in [-0.3, -0.25) is 0 Å². The van der Waals surface area contributed by atoms with E-state index in [0.717, 1.165) is 0 Å². The summed E-state index contributed by atoms with van der Waals surface area (Å²) >= 11 is 0. The van der Waals surface area contributed by atoms with Gasteiger partial charge in [0.1, 0.15) is 0 Å². The Hall–Kier alpha value is -0.780. The van der Waals surface area contributed by atoms with Gasteiger partial charge in [-0.2, -0.15) is 0 Å². The van der Waals surface area contributed by atoms with E-state index in [1.54, 1.807) is 0 Å². The smallest absolute Gasteiger partial charge is 0.00178 e. The first-order chi connectivity index (χ1) is 6.67. The fraction of sp³-hybridized carbons (Fsp3) is 0.571. The monoisotopic (exact) mass is 192 g/mol. The zero-order chi connectivity index (χ0) is 11.0. The van der Waals surface area contributed by atoms with Crippen LogP contribution in [0.2, 0.25) is 0 Å². The average Bonchev–Trinajstić information content (AvgIpc) is 2.19. The van der Waals surface area contributed by atoms with Crippen LogP contribution in [0.3, 0.4) is 0 Å². The number of hydrogen-bond donors (Lipinski definition) is 0. The van der Waals surface area contributed by atoms with Crippen LogP contribution in [0.5, 0.6) is 0 Å². The van der Waals surface area contributed by atoms with E-state index in [2.05, 4.69) is 58.9 Å². The highest BCUT2D eigenvalue weighted by Crippen LogP contribution is 2.24. The Kier molecular flexibility index (Phi) is 7.18. The van der Waals surface area contributed by atoms with Crippen LogP contribution >= 0.6 is 0 Å². The lowest BCUT2D eigenvalue weighted by molar-refractivity contribution is 0.730. The van der Waals surface area contributed by atoms with E-state index in [9.17, 15) is 0 Å². The highest BCUT2D eigenvalue weighted by atomic mass is 14.1. The molecule has 0 heteroatoms. The molecule has 1 aliphatic carbocycles. The summed E-state index contributed by atoms with van der Waals surface area (Å²) < 4.78 is 0. The minimum absolute atomic E-state index is 0.657. The fourth-order valence-electron chi connectivity index (χ4n) is 1.48. The van der Waals surface area contributed by atoms with Crippen molar-refractivity contribution in [2.45, 2.75) is 47.5 Å². The van der Waals surface area contributed by atoms with Crippen molar-refractivity contribution in [1.82, 2.24) is 0 Å². The highest BCUT2D eigenvalue weighted by molar-refractivity contribution is 5.35. The second-order valence-corrected chi connectivity index (χ2v) is 3.92. The molecule has 0 aromatic carbocycles. The van der Waals surface area contributed by atoms with Crippen LogP contribution in [0.4, 0.5) is 0 Å². The van der Waals surface area contributed by atoms with Gasteiger partial charge in [0.05, 0.1) is 0 Å². The van der Waals surface area contributed by atoms with Crippen molar-refractivity contribution in [2.75, 3.05) is 0 Å². The zero-order valence-corrected chi connectivity index (χ0v) is 10.3. The van der Waals surface area contributed by atoms with Gasteiger partial charge in [0.15, 0.2) is 0 Å². The van der Waals surface area contributed by atoms with Gasteiger partial charge in [0.25, 0.3) is 0 Å². The van der Waals surface area contributed by atoms with Gasteiger partial charge < -0.3 is 0 Å². The van der Waals surface area contributed by atoms with Crippen molar-refractivity contribution in [3.05, 3.63) is 35.5 Å². The molecule has 80 valence electrons. The lowest BCUT2D eigenvalue weighted by Crippen LogP contribution is -2.01. The molecule has 1 aliphatic rings. The van der Waals surface area contributed by atoms with Crippen molar-refractivity contribution in [2.24, 2.45) is 5.92 Å². The number of hydrogen-bond acceptors (Lipinski definition) is 0. The molecule has 0 nitrogen and oxygen atoms in total. The van der Waals surface area contributed by atoms with Gasteiger partial charge in [-0.25, -0.2) is 0 Å². The lowest BCUT2D eigenvalue weighted by Gasteiger charge is -2.16. The summed E-state index contributed by atoms with van der Waals surface area (Å²) in [7, 11) is 0. The van der Waals surface area contributed by atoms with Crippen molar-refractivity contribution >= 4 is 0 Å². The van der Waals surface area contributed by atoms with E-state index in [0.29, 0.717) is 5.92 Å². The minimum Gasteiger partial charge on any atom is -0.0770 e. The van der Waals surface area contributed by atoms with Crippen LogP contribution in [-0.4, -0.2) is 0 Å². The molecule has 0 N–H and O–H groups in total. The quantitative estimate of drug-likeness (QED) is 0.555. The van der Waals surface area contributed by atoms with Gasteiger partial charge in [0.2, 0.25) is 0 Å². The molecular weight excluding hydrogens is 168 g/mol. The summed E-state index contributed by atoms with van der Waals surface area (Å²) in [6.45, 7) is 10.8. The molecule has 0 amide bonds. The summed E-state index contributed by atoms with van der Waals surface area (Å²) in [5, 5.41) is 0. The standard InChI is InChI=1S/C11H16.C3H8/c1-4-10-7-5-6-8-11(10)9(2)3;1-3-2/h5-8,10H,4H2,1-3H3;3H2,1-2H3. The van der Waals surface area contributed by atoms with Gasteiger partial charge in [-0.05, 0) is 25.8 Å². The lowest BCUT2D eigenvalue weighted by atomic mass is 9.89. The van der Waals surface area contributed by atoms with E-state index in [1.165, 1.54) is 24.0 Å². The first-order valence-corrected chi connectivity index (χ1v) is 5.69. The van der Waals surface area contributed by atoms with E-state index in [4.69, 9.17) is 0 Å². The summed E-state index contributed by atoms with van der Waals surface area (Å²) in [5.74, 6) is 0.657. The molecular formula is C14H24. The van der Waals surface area contributed by atoms with Crippen molar-refractivity contribution in [3.63, 3.8) is 0 Å². The highest BCUT2D eigenvalue weighted by Gasteiger charge is 2.08. The van der Waals surface area contributed by atoms with E-state index >= 15 is 0 Å². The van der Waals surface area contributed by atoms with Crippen molar-refractivity contribution in [3.8, 4) is 0 Å². The van der Waals surface area contributed by atoms with E-state index in [-0.39, 0.29) is 0 Å². The Bertz CT molecular complexity index is 224. The average molecular weight is 192 g/mol. The molecule has 14 heavy (non-hydrogen) atoms. The fourth-order valence-corrected chi connectivity index (χ4v) is 1.48. The predicted molar refractivity (Wildman–Crippen MR) is 66.4 cm³/mol. The summed E-state index contributed by atoms with van der Waals surface area (Å²) in [6, 6.07) is 0. The predicted octanol–water partition coefficient (Wildman–Crippen LogP) is 4.89. The third kappa shape index (κ3) is 4.45. The SMILES string of the molecule is CCC.CCC1C=CC=CC1=C(C)C. The summed E-state index contributed by atoms with van der Waals surface area (Å²) in [4.78, 5) is 0. The summed E-state index contributed by atoms with van der Waals surface area (Å²) in [5.41, 5.74) is 2.94. The Labute approximate surface area is 89.4 Å². The van der Waals surface area contributed by atoms with Crippen LogP contribution < -0.4 is 0 Å². The van der Waals surface area contributed by atoms with Gasteiger partial charge in [0, 0.05) is 5.92 Å². The maximum absolute atomic E-state index is 2.28. The molecule has 0 aromatic rings. The third-order valence-electron chi connectivity index (χ3n) is 2.15. The van der Waals surface area contributed by atoms with Crippen LogP contribution in [0.15, 0.2) is 35.5 Å². The minimum atomic E-state index is 0.657. The zero-order valence-electron chi connectivity index (χ0n) is 10.3. The van der Waals surface area contributed by atoms with E-state index < -0.39 is 0 Å². The number of rotatable bonds is 1. The van der Waals surface area contributed by atoms with Crippen LogP contribution in [0.25, 0.3) is 0 Å². The Morgan fingerprint density at radius 3 is 2.07 bits per heavy atom. The van der Waals surface area contributed by atoms with Crippen molar-refractivity contribution in [1.29, 1.82) is 0 Å².